The van der Waals surface area contributed by atoms with Gasteiger partial charge < -0.3 is 15.0 Å². The predicted molar refractivity (Wildman–Crippen MR) is 90.4 cm³/mol. The fourth-order valence-corrected chi connectivity index (χ4v) is 4.57. The molecule has 0 amide bonds. The van der Waals surface area contributed by atoms with Crippen molar-refractivity contribution in [2.75, 3.05) is 13.7 Å². The van der Waals surface area contributed by atoms with Crippen LogP contribution < -0.4 is 10.1 Å². The Kier molecular flexibility index (Phi) is 3.28. The zero-order chi connectivity index (χ0) is 14.4. The number of benzene rings is 1. The van der Waals surface area contributed by atoms with Gasteiger partial charge in [0.05, 0.1) is 16.9 Å². The van der Waals surface area contributed by atoms with E-state index in [-0.39, 0.29) is 6.04 Å². The molecule has 4 rings (SSSR count). The first-order valence-corrected chi connectivity index (χ1v) is 8.54. The van der Waals surface area contributed by atoms with Crippen LogP contribution >= 0.6 is 27.3 Å². The molecule has 0 radical (unpaired) electrons. The maximum atomic E-state index is 5.36. The number of aromatic amines is 1. The van der Waals surface area contributed by atoms with Gasteiger partial charge in [-0.3, -0.25) is 0 Å². The van der Waals surface area contributed by atoms with E-state index in [0.29, 0.717) is 0 Å². The number of fused-ring (bicyclic) bond motifs is 3. The lowest BCUT2D eigenvalue weighted by Crippen LogP contribution is -2.29. The van der Waals surface area contributed by atoms with Crippen LogP contribution in [0.2, 0.25) is 0 Å². The molecule has 3 aromatic rings. The number of hydrogen-bond acceptors (Lipinski definition) is 3. The number of H-pyrrole nitrogens is 1. The van der Waals surface area contributed by atoms with Crippen molar-refractivity contribution in [3.8, 4) is 5.75 Å². The summed E-state index contributed by atoms with van der Waals surface area (Å²) in [4.78, 5) is 4.93. The van der Waals surface area contributed by atoms with Gasteiger partial charge in [0.25, 0.3) is 0 Å². The molecule has 0 saturated carbocycles. The first kappa shape index (κ1) is 13.4. The fraction of sp³-hybridized carbons (Fsp3) is 0.250. The van der Waals surface area contributed by atoms with Crippen LogP contribution in [0.4, 0.5) is 0 Å². The first-order chi connectivity index (χ1) is 10.3. The SMILES string of the molecule is COc1ccc2[nH]c3c(c2c1)CCNC3c1ccc(Br)s1. The lowest BCUT2D eigenvalue weighted by Gasteiger charge is -2.23. The van der Waals surface area contributed by atoms with Gasteiger partial charge in [-0.1, -0.05) is 0 Å². The number of aromatic nitrogens is 1. The number of nitrogens with one attached hydrogen (secondary N) is 2. The summed E-state index contributed by atoms with van der Waals surface area (Å²) in [6.45, 7) is 0.997. The van der Waals surface area contributed by atoms with Crippen molar-refractivity contribution in [2.45, 2.75) is 12.5 Å². The summed E-state index contributed by atoms with van der Waals surface area (Å²) in [7, 11) is 1.72. The van der Waals surface area contributed by atoms with E-state index in [1.807, 2.05) is 6.07 Å². The molecule has 2 N–H and O–H groups in total. The van der Waals surface area contributed by atoms with Gasteiger partial charge in [0.2, 0.25) is 0 Å². The summed E-state index contributed by atoms with van der Waals surface area (Å²) in [5.41, 5.74) is 3.89. The second-order valence-corrected chi connectivity index (χ2v) is 7.70. The van der Waals surface area contributed by atoms with E-state index in [1.54, 1.807) is 18.4 Å². The topological polar surface area (TPSA) is 37.0 Å². The van der Waals surface area contributed by atoms with E-state index >= 15 is 0 Å². The van der Waals surface area contributed by atoms with Gasteiger partial charge >= 0.3 is 0 Å². The number of thiophene rings is 1. The molecule has 2 aromatic heterocycles. The molecule has 3 heterocycles. The van der Waals surface area contributed by atoms with Crippen LogP contribution in [-0.2, 0) is 6.42 Å². The molecule has 108 valence electrons. The van der Waals surface area contributed by atoms with Crippen LogP contribution in [0.15, 0.2) is 34.1 Å². The Morgan fingerprint density at radius 3 is 2.95 bits per heavy atom. The molecule has 0 fully saturated rings. The van der Waals surface area contributed by atoms with E-state index in [4.69, 9.17) is 4.74 Å². The Hall–Kier alpha value is -1.30. The highest BCUT2D eigenvalue weighted by Gasteiger charge is 2.26. The highest BCUT2D eigenvalue weighted by atomic mass is 79.9. The van der Waals surface area contributed by atoms with Crippen LogP contribution in [0.25, 0.3) is 10.9 Å². The summed E-state index contributed by atoms with van der Waals surface area (Å²) in [5, 5.41) is 4.91. The van der Waals surface area contributed by atoms with E-state index in [1.165, 1.54) is 30.8 Å². The van der Waals surface area contributed by atoms with Crippen molar-refractivity contribution < 1.29 is 4.74 Å². The second-order valence-electron chi connectivity index (χ2n) is 5.21. The zero-order valence-corrected chi connectivity index (χ0v) is 14.0. The lowest BCUT2D eigenvalue weighted by molar-refractivity contribution is 0.415. The third-order valence-corrected chi connectivity index (χ3v) is 5.73. The van der Waals surface area contributed by atoms with Crippen LogP contribution in [0, 0.1) is 0 Å². The molecule has 0 saturated heterocycles. The molecule has 1 aliphatic rings. The zero-order valence-electron chi connectivity index (χ0n) is 11.6. The summed E-state index contributed by atoms with van der Waals surface area (Å²) >= 11 is 5.34. The number of methoxy groups -OCH3 is 1. The normalized spacial score (nSPS) is 17.9. The second kappa shape index (κ2) is 5.16. The summed E-state index contributed by atoms with van der Waals surface area (Å²) in [6.07, 6.45) is 1.05. The van der Waals surface area contributed by atoms with Crippen molar-refractivity contribution in [2.24, 2.45) is 0 Å². The van der Waals surface area contributed by atoms with Crippen molar-refractivity contribution in [3.05, 3.63) is 50.3 Å². The average molecular weight is 363 g/mol. The van der Waals surface area contributed by atoms with E-state index in [2.05, 4.69) is 50.5 Å². The van der Waals surface area contributed by atoms with Crippen molar-refractivity contribution in [1.82, 2.24) is 10.3 Å². The van der Waals surface area contributed by atoms with Gasteiger partial charge in [0.1, 0.15) is 5.75 Å². The van der Waals surface area contributed by atoms with Crippen LogP contribution in [0.5, 0.6) is 5.75 Å². The Morgan fingerprint density at radius 1 is 1.29 bits per heavy atom. The summed E-state index contributed by atoms with van der Waals surface area (Å²) < 4.78 is 6.53. The van der Waals surface area contributed by atoms with Crippen LogP contribution in [0.3, 0.4) is 0 Å². The van der Waals surface area contributed by atoms with Crippen LogP contribution in [0.1, 0.15) is 22.2 Å². The minimum Gasteiger partial charge on any atom is -0.497 e. The van der Waals surface area contributed by atoms with Gasteiger partial charge in [0.15, 0.2) is 0 Å². The quantitative estimate of drug-likeness (QED) is 0.715. The largest absolute Gasteiger partial charge is 0.497 e. The molecule has 5 heteroatoms. The minimum absolute atomic E-state index is 0.253. The van der Waals surface area contributed by atoms with Gasteiger partial charge in [-0.05, 0) is 58.2 Å². The Balaban J connectivity index is 1.88. The van der Waals surface area contributed by atoms with Crippen LogP contribution in [-0.4, -0.2) is 18.6 Å². The first-order valence-electron chi connectivity index (χ1n) is 6.93. The van der Waals surface area contributed by atoms with Gasteiger partial charge in [-0.25, -0.2) is 0 Å². The highest BCUT2D eigenvalue weighted by Crippen LogP contribution is 2.37. The molecule has 1 aromatic carbocycles. The number of ether oxygens (including phenoxy) is 1. The van der Waals surface area contributed by atoms with E-state index in [9.17, 15) is 0 Å². The maximum Gasteiger partial charge on any atom is 0.119 e. The molecule has 1 atom stereocenters. The number of halogens is 1. The Bertz CT molecular complexity index is 808. The number of hydrogen-bond donors (Lipinski definition) is 2. The average Bonchev–Trinajstić information content (AvgIpc) is 3.09. The monoisotopic (exact) mass is 362 g/mol. The van der Waals surface area contributed by atoms with E-state index in [0.717, 1.165) is 18.7 Å². The molecule has 0 bridgehead atoms. The molecule has 3 nitrogen and oxygen atoms in total. The van der Waals surface area contributed by atoms with E-state index < -0.39 is 0 Å². The predicted octanol–water partition coefficient (Wildman–Crippen LogP) is 4.24. The molecular formula is C16H15BrN2OS. The fourth-order valence-electron chi connectivity index (χ4n) is 3.06. The Labute approximate surface area is 135 Å². The third-order valence-electron chi connectivity index (χ3n) is 4.04. The molecule has 0 spiro atoms. The smallest absolute Gasteiger partial charge is 0.119 e. The third kappa shape index (κ3) is 2.20. The highest BCUT2D eigenvalue weighted by molar-refractivity contribution is 9.11. The van der Waals surface area contributed by atoms with Crippen molar-refractivity contribution in [1.29, 1.82) is 0 Å². The minimum atomic E-state index is 0.253. The van der Waals surface area contributed by atoms with Gasteiger partial charge in [-0.2, -0.15) is 0 Å². The molecule has 21 heavy (non-hydrogen) atoms. The molecule has 1 unspecified atom stereocenters. The van der Waals surface area contributed by atoms with Gasteiger partial charge in [0, 0.05) is 28.0 Å². The maximum absolute atomic E-state index is 5.36. The van der Waals surface area contributed by atoms with Crippen molar-refractivity contribution in [3.63, 3.8) is 0 Å². The number of rotatable bonds is 2. The molecule has 1 aliphatic heterocycles. The Morgan fingerprint density at radius 2 is 2.19 bits per heavy atom. The molecular weight excluding hydrogens is 348 g/mol. The molecule has 0 aliphatic carbocycles. The van der Waals surface area contributed by atoms with Crippen molar-refractivity contribution >= 4 is 38.2 Å². The van der Waals surface area contributed by atoms with Gasteiger partial charge in [-0.15, -0.1) is 11.3 Å². The lowest BCUT2D eigenvalue weighted by atomic mass is 9.98. The summed E-state index contributed by atoms with van der Waals surface area (Å²) in [5.74, 6) is 0.915. The summed E-state index contributed by atoms with van der Waals surface area (Å²) in [6, 6.07) is 10.8. The standard InChI is InChI=1S/C16H15BrN2OS/c1-20-9-2-3-12-11(8-9)10-6-7-18-16(15(10)19-12)13-4-5-14(17)21-13/h2-5,8,16,18-19H,6-7H2,1H3.